The largest absolute Gasteiger partial charge is 0.492 e. The Bertz CT molecular complexity index is 1540. The molecule has 3 aromatic carbocycles. The molecular weight excluding hydrogens is 426 g/mol. The summed E-state index contributed by atoms with van der Waals surface area (Å²) in [6, 6.07) is 24.4. The van der Waals surface area contributed by atoms with Crippen LogP contribution in [0.3, 0.4) is 0 Å². The Morgan fingerprint density at radius 3 is 2.56 bits per heavy atom. The van der Waals surface area contributed by atoms with Gasteiger partial charge in [-0.2, -0.15) is 9.78 Å². The van der Waals surface area contributed by atoms with Gasteiger partial charge < -0.3 is 9.15 Å². The zero-order chi connectivity index (χ0) is 23.7. The maximum absolute atomic E-state index is 13.4. The molecule has 170 valence electrons. The van der Waals surface area contributed by atoms with E-state index in [2.05, 4.69) is 25.9 Å². The monoisotopic (exact) mass is 451 g/mol. The van der Waals surface area contributed by atoms with Crippen LogP contribution < -0.4 is 10.3 Å². The fourth-order valence-corrected chi connectivity index (χ4v) is 3.62. The molecule has 0 atom stereocenters. The van der Waals surface area contributed by atoms with Crippen molar-refractivity contribution in [1.82, 2.24) is 9.66 Å². The average molecular weight is 452 g/mol. The molecule has 0 aliphatic carbocycles. The fourth-order valence-electron chi connectivity index (χ4n) is 3.62. The minimum Gasteiger partial charge on any atom is -0.492 e. The molecule has 0 N–H and O–H groups in total. The first-order chi connectivity index (χ1) is 16.4. The normalized spacial score (nSPS) is 12.1. The van der Waals surface area contributed by atoms with Crippen molar-refractivity contribution in [2.45, 2.75) is 20.8 Å². The van der Waals surface area contributed by atoms with E-state index in [1.165, 1.54) is 4.68 Å². The van der Waals surface area contributed by atoms with Gasteiger partial charge in [-0.1, -0.05) is 63.2 Å². The van der Waals surface area contributed by atoms with E-state index < -0.39 is 0 Å². The van der Waals surface area contributed by atoms with E-state index in [0.29, 0.717) is 34.8 Å². The van der Waals surface area contributed by atoms with Crippen molar-refractivity contribution in [2.75, 3.05) is 6.61 Å². The molecule has 0 fully saturated rings. The van der Waals surface area contributed by atoms with Gasteiger partial charge in [-0.25, -0.2) is 4.98 Å². The summed E-state index contributed by atoms with van der Waals surface area (Å²) in [5.41, 5.74) is 1.81. The van der Waals surface area contributed by atoms with E-state index in [4.69, 9.17) is 14.1 Å². The maximum atomic E-state index is 13.4. The highest BCUT2D eigenvalue weighted by molar-refractivity contribution is 5.85. The molecule has 0 unspecified atom stereocenters. The number of fused-ring (bicyclic) bond motifs is 2. The molecular formula is C28H25N3O3. The van der Waals surface area contributed by atoms with Crippen molar-refractivity contribution in [3.8, 4) is 17.3 Å². The zero-order valence-corrected chi connectivity index (χ0v) is 19.4. The molecule has 0 saturated carbocycles. The van der Waals surface area contributed by atoms with Gasteiger partial charge in [0.05, 0.1) is 23.7 Å². The van der Waals surface area contributed by atoms with Crippen LogP contribution in [0.25, 0.3) is 33.5 Å². The number of benzene rings is 3. The Morgan fingerprint density at radius 2 is 1.74 bits per heavy atom. The van der Waals surface area contributed by atoms with Crippen LogP contribution in [-0.2, 0) is 0 Å². The second-order valence-electron chi connectivity index (χ2n) is 9.35. The van der Waals surface area contributed by atoms with Gasteiger partial charge in [-0.05, 0) is 41.8 Å². The Kier molecular flexibility index (Phi) is 5.49. The van der Waals surface area contributed by atoms with Gasteiger partial charge in [0.25, 0.3) is 5.56 Å². The molecule has 34 heavy (non-hydrogen) atoms. The van der Waals surface area contributed by atoms with Gasteiger partial charge >= 0.3 is 0 Å². The highest BCUT2D eigenvalue weighted by atomic mass is 16.5. The molecule has 0 amide bonds. The summed E-state index contributed by atoms with van der Waals surface area (Å²) in [6.45, 7) is 6.90. The number of ether oxygens (including phenoxy) is 1. The maximum Gasteiger partial charge on any atom is 0.282 e. The summed E-state index contributed by atoms with van der Waals surface area (Å²) >= 11 is 0. The summed E-state index contributed by atoms with van der Waals surface area (Å²) < 4.78 is 13.4. The van der Waals surface area contributed by atoms with E-state index in [1.807, 2.05) is 72.8 Å². The van der Waals surface area contributed by atoms with Crippen molar-refractivity contribution in [1.29, 1.82) is 0 Å². The molecule has 2 heterocycles. The third-order valence-electron chi connectivity index (χ3n) is 5.29. The van der Waals surface area contributed by atoms with E-state index in [1.54, 1.807) is 12.3 Å². The summed E-state index contributed by atoms with van der Waals surface area (Å²) in [4.78, 5) is 18.2. The van der Waals surface area contributed by atoms with Gasteiger partial charge in [-0.15, -0.1) is 0 Å². The lowest BCUT2D eigenvalue weighted by molar-refractivity contribution is 0.197. The van der Waals surface area contributed by atoms with Crippen LogP contribution in [0.2, 0.25) is 0 Å². The number of furan rings is 1. The van der Waals surface area contributed by atoms with Crippen molar-refractivity contribution in [3.63, 3.8) is 0 Å². The molecule has 0 radical (unpaired) electrons. The lowest BCUT2D eigenvalue weighted by atomic mass is 9.99. The Hall–Kier alpha value is -4.19. The Morgan fingerprint density at radius 1 is 1.00 bits per heavy atom. The molecule has 2 aromatic heterocycles. The highest BCUT2D eigenvalue weighted by Crippen LogP contribution is 2.27. The minimum atomic E-state index is -0.273. The Labute approximate surface area is 197 Å². The lowest BCUT2D eigenvalue weighted by Gasteiger charge is -2.19. The molecule has 0 spiro atoms. The minimum absolute atomic E-state index is 0.0118. The standard InChI is InChI=1S/C28H25N3O3/c1-28(2,3)18-33-23-14-8-5-11-20(23)17-29-31-26(25-16-19-10-4-9-15-24(19)34-25)30-22-13-7-6-12-21(22)27(31)32/h4-17H,18H2,1-3H3. The molecule has 0 aliphatic rings. The molecule has 6 heteroatoms. The molecule has 6 nitrogen and oxygen atoms in total. The van der Waals surface area contributed by atoms with Crippen LogP contribution >= 0.6 is 0 Å². The predicted octanol–water partition coefficient (Wildman–Crippen LogP) is 6.12. The summed E-state index contributed by atoms with van der Waals surface area (Å²) in [6.07, 6.45) is 1.63. The third kappa shape index (κ3) is 4.35. The van der Waals surface area contributed by atoms with Crippen LogP contribution in [0.5, 0.6) is 5.75 Å². The van der Waals surface area contributed by atoms with Gasteiger partial charge in [0.1, 0.15) is 11.3 Å². The average Bonchev–Trinajstić information content (AvgIpc) is 3.26. The van der Waals surface area contributed by atoms with Gasteiger partial charge in [0.15, 0.2) is 5.76 Å². The molecule has 0 bridgehead atoms. The van der Waals surface area contributed by atoms with E-state index in [-0.39, 0.29) is 11.0 Å². The molecule has 0 saturated heterocycles. The zero-order valence-electron chi connectivity index (χ0n) is 19.4. The summed E-state index contributed by atoms with van der Waals surface area (Å²) in [5, 5.41) is 5.96. The van der Waals surface area contributed by atoms with Crippen molar-refractivity contribution in [2.24, 2.45) is 10.5 Å². The van der Waals surface area contributed by atoms with E-state index >= 15 is 0 Å². The van der Waals surface area contributed by atoms with Gasteiger partial charge in [0.2, 0.25) is 5.82 Å². The number of rotatable bonds is 5. The molecule has 5 rings (SSSR count). The summed E-state index contributed by atoms with van der Waals surface area (Å²) in [7, 11) is 0. The first-order valence-corrected chi connectivity index (χ1v) is 11.2. The van der Waals surface area contributed by atoms with Crippen molar-refractivity contribution >= 4 is 28.1 Å². The predicted molar refractivity (Wildman–Crippen MR) is 136 cm³/mol. The number of aromatic nitrogens is 2. The van der Waals surface area contributed by atoms with Crippen LogP contribution in [0.15, 0.2) is 93.2 Å². The van der Waals surface area contributed by atoms with Crippen LogP contribution in [0.4, 0.5) is 0 Å². The summed E-state index contributed by atoms with van der Waals surface area (Å²) in [5.74, 6) is 1.51. The second kappa shape index (κ2) is 8.63. The number of hydrogen-bond donors (Lipinski definition) is 0. The number of para-hydroxylation sites is 3. The van der Waals surface area contributed by atoms with Crippen molar-refractivity contribution in [3.05, 3.63) is 94.8 Å². The Balaban J connectivity index is 1.64. The SMILES string of the molecule is CC(C)(C)COc1ccccc1C=Nn1c(-c2cc3ccccc3o2)nc2ccccc2c1=O. The van der Waals surface area contributed by atoms with E-state index in [9.17, 15) is 4.79 Å². The smallest absolute Gasteiger partial charge is 0.282 e. The first kappa shape index (κ1) is 21.6. The fraction of sp³-hybridized carbons (Fsp3) is 0.179. The van der Waals surface area contributed by atoms with E-state index in [0.717, 1.165) is 16.5 Å². The highest BCUT2D eigenvalue weighted by Gasteiger charge is 2.17. The van der Waals surface area contributed by atoms with Crippen LogP contribution in [0.1, 0.15) is 26.3 Å². The quantitative estimate of drug-likeness (QED) is 0.302. The molecule has 0 aliphatic heterocycles. The molecule has 5 aromatic rings. The van der Waals surface area contributed by atoms with Gasteiger partial charge in [0, 0.05) is 10.9 Å². The second-order valence-corrected chi connectivity index (χ2v) is 9.35. The number of nitrogens with zero attached hydrogens (tertiary/aromatic N) is 3. The van der Waals surface area contributed by atoms with Gasteiger partial charge in [-0.3, -0.25) is 4.79 Å². The van der Waals surface area contributed by atoms with Crippen molar-refractivity contribution < 1.29 is 9.15 Å². The number of hydrogen-bond acceptors (Lipinski definition) is 5. The lowest BCUT2D eigenvalue weighted by Crippen LogP contribution is -2.20. The topological polar surface area (TPSA) is 69.6 Å². The van der Waals surface area contributed by atoms with Crippen LogP contribution in [0, 0.1) is 5.41 Å². The first-order valence-electron chi connectivity index (χ1n) is 11.2. The van der Waals surface area contributed by atoms with Crippen LogP contribution in [-0.4, -0.2) is 22.5 Å². The third-order valence-corrected chi connectivity index (χ3v) is 5.29.